The van der Waals surface area contributed by atoms with E-state index in [0.29, 0.717) is 17.2 Å². The number of amides is 1. The van der Waals surface area contributed by atoms with Crippen molar-refractivity contribution in [3.05, 3.63) is 45.8 Å². The van der Waals surface area contributed by atoms with Gasteiger partial charge in [0.05, 0.1) is 25.2 Å². The van der Waals surface area contributed by atoms with Crippen LogP contribution in [0.4, 0.5) is 5.00 Å². The van der Waals surface area contributed by atoms with E-state index in [-0.39, 0.29) is 24.9 Å². The third kappa shape index (κ3) is 4.89. The van der Waals surface area contributed by atoms with Gasteiger partial charge >= 0.3 is 5.97 Å². The van der Waals surface area contributed by atoms with Crippen LogP contribution in [0.2, 0.25) is 0 Å². The molecule has 1 amide bonds. The van der Waals surface area contributed by atoms with Crippen molar-refractivity contribution in [3.63, 3.8) is 0 Å². The average Bonchev–Trinajstić information content (AvgIpc) is 3.01. The van der Waals surface area contributed by atoms with Crippen LogP contribution in [-0.2, 0) is 22.4 Å². The summed E-state index contributed by atoms with van der Waals surface area (Å²) >= 11 is 1.50. The van der Waals surface area contributed by atoms with Crippen LogP contribution in [0.5, 0.6) is 5.75 Å². The fraction of sp³-hybridized carbons (Fsp3) is 0.429. The Labute approximate surface area is 163 Å². The van der Waals surface area contributed by atoms with E-state index in [9.17, 15) is 9.59 Å². The number of thiophene rings is 1. The van der Waals surface area contributed by atoms with Crippen LogP contribution < -0.4 is 10.1 Å². The third-order valence-corrected chi connectivity index (χ3v) is 5.73. The lowest BCUT2D eigenvalue weighted by molar-refractivity contribution is -0.116. The summed E-state index contributed by atoms with van der Waals surface area (Å²) in [4.78, 5) is 26.0. The monoisotopic (exact) mass is 387 g/mol. The molecule has 0 fully saturated rings. The van der Waals surface area contributed by atoms with Gasteiger partial charge in [-0.2, -0.15) is 0 Å². The Hall–Kier alpha value is -2.34. The minimum absolute atomic E-state index is 0.161. The van der Waals surface area contributed by atoms with E-state index in [4.69, 9.17) is 9.47 Å². The molecule has 0 saturated carbocycles. The number of hydrogen-bond acceptors (Lipinski definition) is 5. The van der Waals surface area contributed by atoms with Crippen molar-refractivity contribution >= 4 is 28.2 Å². The number of esters is 1. The molecular weight excluding hydrogens is 362 g/mol. The number of benzene rings is 1. The van der Waals surface area contributed by atoms with Crippen molar-refractivity contribution < 1.29 is 19.1 Å². The number of carbonyl (C=O) groups excluding carboxylic acids is 2. The molecule has 27 heavy (non-hydrogen) atoms. The number of rotatable bonds is 7. The Balaban J connectivity index is 1.63. The zero-order valence-electron chi connectivity index (χ0n) is 15.8. The first kappa shape index (κ1) is 19.4. The molecule has 1 aliphatic rings. The van der Waals surface area contributed by atoms with Gasteiger partial charge in [-0.25, -0.2) is 4.79 Å². The van der Waals surface area contributed by atoms with E-state index in [0.717, 1.165) is 42.6 Å². The van der Waals surface area contributed by atoms with Crippen LogP contribution >= 0.6 is 11.3 Å². The predicted molar refractivity (Wildman–Crippen MR) is 107 cm³/mol. The second-order valence-corrected chi connectivity index (χ2v) is 7.70. The van der Waals surface area contributed by atoms with Gasteiger partial charge in [0.15, 0.2) is 0 Å². The number of carbonyl (C=O) groups is 2. The highest BCUT2D eigenvalue weighted by molar-refractivity contribution is 7.17. The smallest absolute Gasteiger partial charge is 0.341 e. The van der Waals surface area contributed by atoms with Crippen LogP contribution in [0.1, 0.15) is 52.5 Å². The number of aryl methyl sites for hydroxylation is 2. The molecule has 6 heteroatoms. The molecule has 0 unspecified atom stereocenters. The van der Waals surface area contributed by atoms with E-state index in [1.807, 2.05) is 31.2 Å². The maximum atomic E-state index is 12.4. The van der Waals surface area contributed by atoms with Gasteiger partial charge in [0.1, 0.15) is 10.8 Å². The summed E-state index contributed by atoms with van der Waals surface area (Å²) < 4.78 is 10.8. The topological polar surface area (TPSA) is 64.6 Å². The number of anilines is 1. The fourth-order valence-electron chi connectivity index (χ4n) is 3.16. The van der Waals surface area contributed by atoms with E-state index in [1.165, 1.54) is 16.2 Å². The van der Waals surface area contributed by atoms with Crippen molar-refractivity contribution in [1.82, 2.24) is 0 Å². The highest BCUT2D eigenvalue weighted by Gasteiger charge is 2.27. The minimum atomic E-state index is -0.344. The summed E-state index contributed by atoms with van der Waals surface area (Å²) in [6.07, 6.45) is 4.23. The summed E-state index contributed by atoms with van der Waals surface area (Å²) in [5.41, 5.74) is 2.76. The van der Waals surface area contributed by atoms with E-state index >= 15 is 0 Å². The first-order valence-corrected chi connectivity index (χ1v) is 10.2. The van der Waals surface area contributed by atoms with Crippen molar-refractivity contribution in [2.24, 2.45) is 0 Å². The highest BCUT2D eigenvalue weighted by Crippen LogP contribution is 2.38. The SMILES string of the molecule is CCOC(=O)c1c(NC(=O)CCOc2ccc(C)cc2)sc2c1CCCC2. The van der Waals surface area contributed by atoms with Gasteiger partial charge in [0.2, 0.25) is 5.91 Å². The summed E-state index contributed by atoms with van der Waals surface area (Å²) in [6, 6.07) is 7.72. The number of hydrogen-bond donors (Lipinski definition) is 1. The molecule has 0 radical (unpaired) electrons. The Morgan fingerprint density at radius 3 is 2.63 bits per heavy atom. The molecule has 0 bridgehead atoms. The van der Waals surface area contributed by atoms with Crippen molar-refractivity contribution in [2.45, 2.75) is 46.0 Å². The third-order valence-electron chi connectivity index (χ3n) is 4.52. The Bertz CT molecular complexity index is 810. The second-order valence-electron chi connectivity index (χ2n) is 6.60. The van der Waals surface area contributed by atoms with Gasteiger partial charge in [-0.15, -0.1) is 11.3 Å². The molecule has 1 aromatic heterocycles. The van der Waals surface area contributed by atoms with Crippen LogP contribution in [0.15, 0.2) is 24.3 Å². The van der Waals surface area contributed by atoms with Gasteiger partial charge < -0.3 is 14.8 Å². The summed E-state index contributed by atoms with van der Waals surface area (Å²) in [5.74, 6) is 0.238. The fourth-order valence-corrected chi connectivity index (χ4v) is 4.45. The lowest BCUT2D eigenvalue weighted by Gasteiger charge is -2.12. The van der Waals surface area contributed by atoms with Gasteiger partial charge in [-0.1, -0.05) is 17.7 Å². The van der Waals surface area contributed by atoms with E-state index < -0.39 is 0 Å². The van der Waals surface area contributed by atoms with Gasteiger partial charge in [-0.05, 0) is 57.2 Å². The molecule has 2 aromatic rings. The van der Waals surface area contributed by atoms with Gasteiger partial charge in [0.25, 0.3) is 0 Å². The maximum Gasteiger partial charge on any atom is 0.341 e. The maximum absolute atomic E-state index is 12.4. The molecule has 1 heterocycles. The minimum Gasteiger partial charge on any atom is -0.493 e. The van der Waals surface area contributed by atoms with Crippen molar-refractivity contribution in [3.8, 4) is 5.75 Å². The van der Waals surface area contributed by atoms with Crippen molar-refractivity contribution in [1.29, 1.82) is 0 Å². The summed E-state index contributed by atoms with van der Waals surface area (Å²) in [7, 11) is 0. The lowest BCUT2D eigenvalue weighted by atomic mass is 9.95. The molecule has 144 valence electrons. The molecule has 0 spiro atoms. The Morgan fingerprint density at radius 2 is 1.89 bits per heavy atom. The molecule has 0 aliphatic heterocycles. The largest absolute Gasteiger partial charge is 0.493 e. The zero-order valence-corrected chi connectivity index (χ0v) is 16.6. The quantitative estimate of drug-likeness (QED) is 0.710. The molecule has 1 aliphatic carbocycles. The number of nitrogens with one attached hydrogen (secondary N) is 1. The Kier molecular flexibility index (Phi) is 6.50. The predicted octanol–water partition coefficient (Wildman–Crippen LogP) is 4.52. The Morgan fingerprint density at radius 1 is 1.15 bits per heavy atom. The van der Waals surface area contributed by atoms with Crippen LogP contribution in [0.25, 0.3) is 0 Å². The van der Waals surface area contributed by atoms with Crippen LogP contribution in [0, 0.1) is 6.92 Å². The first-order chi connectivity index (χ1) is 13.1. The summed E-state index contributed by atoms with van der Waals surface area (Å²) in [5, 5.41) is 3.51. The highest BCUT2D eigenvalue weighted by atomic mass is 32.1. The van der Waals surface area contributed by atoms with Crippen LogP contribution in [0.3, 0.4) is 0 Å². The number of ether oxygens (including phenoxy) is 2. The van der Waals surface area contributed by atoms with E-state index in [2.05, 4.69) is 5.32 Å². The first-order valence-electron chi connectivity index (χ1n) is 9.39. The van der Waals surface area contributed by atoms with E-state index in [1.54, 1.807) is 6.92 Å². The molecule has 0 atom stereocenters. The number of fused-ring (bicyclic) bond motifs is 1. The summed E-state index contributed by atoms with van der Waals surface area (Å²) in [6.45, 7) is 4.41. The molecule has 3 rings (SSSR count). The van der Waals surface area contributed by atoms with Gasteiger partial charge in [-0.3, -0.25) is 4.79 Å². The van der Waals surface area contributed by atoms with Gasteiger partial charge in [0, 0.05) is 4.88 Å². The average molecular weight is 388 g/mol. The molecular formula is C21H25NO4S. The lowest BCUT2D eigenvalue weighted by Crippen LogP contribution is -2.17. The molecule has 0 saturated heterocycles. The molecule has 1 N–H and O–H groups in total. The van der Waals surface area contributed by atoms with Crippen molar-refractivity contribution in [2.75, 3.05) is 18.5 Å². The van der Waals surface area contributed by atoms with Crippen LogP contribution in [-0.4, -0.2) is 25.1 Å². The zero-order chi connectivity index (χ0) is 19.2. The standard InChI is InChI=1S/C21H25NO4S/c1-3-25-21(24)19-16-6-4-5-7-17(16)27-20(19)22-18(23)12-13-26-15-10-8-14(2)9-11-15/h8-11H,3-7,12-13H2,1-2H3,(H,22,23). The molecule has 1 aromatic carbocycles. The molecule has 5 nitrogen and oxygen atoms in total. The second kappa shape index (κ2) is 9.04. The normalized spacial score (nSPS) is 13.0.